The Morgan fingerprint density at radius 2 is 0.745 bits per heavy atom. The molecule has 0 spiro atoms. The molecule has 0 saturated carbocycles. The summed E-state index contributed by atoms with van der Waals surface area (Å²) in [5.74, 6) is 0. The van der Waals surface area contributed by atoms with E-state index >= 15 is 0 Å². The monoisotopic (exact) mass is 701 g/mol. The predicted molar refractivity (Wildman–Crippen MR) is 231 cm³/mol. The number of hydrogen-bond acceptors (Lipinski definition) is 3. The molecule has 3 heteroatoms. The number of fused-ring (bicyclic) bond motifs is 4. The second-order valence-corrected chi connectivity index (χ2v) is 13.9. The Kier molecular flexibility index (Phi) is 8.16. The van der Waals surface area contributed by atoms with Gasteiger partial charge in [0.05, 0.1) is 22.4 Å². The average Bonchev–Trinajstić information content (AvgIpc) is 3.27. The van der Waals surface area contributed by atoms with E-state index in [1.807, 2.05) is 12.1 Å². The lowest BCUT2D eigenvalue weighted by Crippen LogP contribution is -2.09. The number of anilines is 3. The predicted octanol–water partition coefficient (Wildman–Crippen LogP) is 14.1. The molecule has 0 aliphatic carbocycles. The SMILES string of the molecule is c1ccc(-c2ccc(N(c3ccccc3)c3ccc4cc(-c5ccc6c(ccc7nc(-c8ccccc8)c(-c8ccccc8)nc76)c5)ccc4c3)cc2)cc1. The zero-order valence-electron chi connectivity index (χ0n) is 30.0. The van der Waals surface area contributed by atoms with Gasteiger partial charge in [0.15, 0.2) is 0 Å². The van der Waals surface area contributed by atoms with Gasteiger partial charge in [0.25, 0.3) is 0 Å². The van der Waals surface area contributed by atoms with Crippen LogP contribution in [0.3, 0.4) is 0 Å². The zero-order chi connectivity index (χ0) is 36.6. The van der Waals surface area contributed by atoms with Crippen molar-refractivity contribution in [2.45, 2.75) is 0 Å². The zero-order valence-corrected chi connectivity index (χ0v) is 30.0. The first-order chi connectivity index (χ1) is 27.2. The lowest BCUT2D eigenvalue weighted by molar-refractivity contribution is 1.29. The first-order valence-corrected chi connectivity index (χ1v) is 18.7. The van der Waals surface area contributed by atoms with E-state index < -0.39 is 0 Å². The van der Waals surface area contributed by atoms with Crippen molar-refractivity contribution in [2.24, 2.45) is 0 Å². The van der Waals surface area contributed by atoms with Crippen molar-refractivity contribution >= 4 is 49.6 Å². The average molecular weight is 702 g/mol. The molecule has 3 nitrogen and oxygen atoms in total. The molecule has 0 unspecified atom stereocenters. The molecular formula is C52H35N3. The van der Waals surface area contributed by atoms with Gasteiger partial charge in [-0.25, -0.2) is 9.97 Å². The van der Waals surface area contributed by atoms with Crippen LogP contribution in [0.5, 0.6) is 0 Å². The largest absolute Gasteiger partial charge is 0.310 e. The number of para-hydroxylation sites is 1. The maximum absolute atomic E-state index is 5.31. The Hall–Kier alpha value is -7.36. The summed E-state index contributed by atoms with van der Waals surface area (Å²) >= 11 is 0. The van der Waals surface area contributed by atoms with Crippen LogP contribution in [0.15, 0.2) is 212 Å². The Morgan fingerprint density at radius 1 is 0.291 bits per heavy atom. The van der Waals surface area contributed by atoms with Crippen LogP contribution < -0.4 is 4.90 Å². The first kappa shape index (κ1) is 32.3. The molecule has 0 saturated heterocycles. The molecule has 0 fully saturated rings. The fourth-order valence-corrected chi connectivity index (χ4v) is 7.63. The summed E-state index contributed by atoms with van der Waals surface area (Å²) in [5, 5.41) is 4.61. The van der Waals surface area contributed by atoms with E-state index in [1.165, 1.54) is 33.0 Å². The molecule has 55 heavy (non-hydrogen) atoms. The third kappa shape index (κ3) is 6.18. The first-order valence-electron chi connectivity index (χ1n) is 18.7. The van der Waals surface area contributed by atoms with Crippen LogP contribution >= 0.6 is 0 Å². The summed E-state index contributed by atoms with van der Waals surface area (Å²) in [6.45, 7) is 0. The van der Waals surface area contributed by atoms with Crippen molar-refractivity contribution < 1.29 is 0 Å². The van der Waals surface area contributed by atoms with E-state index in [-0.39, 0.29) is 0 Å². The van der Waals surface area contributed by atoms with Gasteiger partial charge in [-0.15, -0.1) is 0 Å². The van der Waals surface area contributed by atoms with Gasteiger partial charge in [-0.1, -0.05) is 158 Å². The second-order valence-electron chi connectivity index (χ2n) is 13.9. The van der Waals surface area contributed by atoms with Crippen LogP contribution in [-0.2, 0) is 0 Å². The van der Waals surface area contributed by atoms with Gasteiger partial charge in [0.2, 0.25) is 0 Å². The highest BCUT2D eigenvalue weighted by Crippen LogP contribution is 2.39. The fourth-order valence-electron chi connectivity index (χ4n) is 7.63. The van der Waals surface area contributed by atoms with Crippen molar-refractivity contribution in [1.82, 2.24) is 9.97 Å². The minimum atomic E-state index is 0.886. The molecule has 258 valence electrons. The maximum Gasteiger partial charge on any atom is 0.0973 e. The molecule has 0 radical (unpaired) electrons. The van der Waals surface area contributed by atoms with E-state index in [0.29, 0.717) is 0 Å². The normalized spacial score (nSPS) is 11.3. The molecular weight excluding hydrogens is 667 g/mol. The van der Waals surface area contributed by atoms with E-state index in [9.17, 15) is 0 Å². The molecule has 0 amide bonds. The smallest absolute Gasteiger partial charge is 0.0973 e. The Balaban J connectivity index is 1.01. The lowest BCUT2D eigenvalue weighted by Gasteiger charge is -2.26. The number of rotatable bonds is 7. The highest BCUT2D eigenvalue weighted by molar-refractivity contribution is 6.07. The molecule has 1 aromatic heterocycles. The van der Waals surface area contributed by atoms with E-state index in [0.717, 1.165) is 61.4 Å². The topological polar surface area (TPSA) is 29.0 Å². The molecule has 0 N–H and O–H groups in total. The third-order valence-electron chi connectivity index (χ3n) is 10.4. The van der Waals surface area contributed by atoms with Crippen LogP contribution in [0.2, 0.25) is 0 Å². The van der Waals surface area contributed by atoms with Crippen LogP contribution in [0.4, 0.5) is 17.1 Å². The van der Waals surface area contributed by atoms with Crippen LogP contribution in [0.25, 0.3) is 77.3 Å². The third-order valence-corrected chi connectivity index (χ3v) is 10.4. The molecule has 0 aliphatic heterocycles. The van der Waals surface area contributed by atoms with Crippen LogP contribution in [-0.4, -0.2) is 9.97 Å². The highest BCUT2D eigenvalue weighted by atomic mass is 15.1. The van der Waals surface area contributed by atoms with Gasteiger partial charge < -0.3 is 4.90 Å². The quantitative estimate of drug-likeness (QED) is 0.155. The molecule has 1 heterocycles. The molecule has 0 aliphatic rings. The molecule has 0 atom stereocenters. The molecule has 9 aromatic carbocycles. The highest BCUT2D eigenvalue weighted by Gasteiger charge is 2.16. The summed E-state index contributed by atoms with van der Waals surface area (Å²) in [6, 6.07) is 75.1. The standard InChI is InChI=1S/C52H35N3/c1-5-13-36(14-6-1)37-23-28-46(29-24-37)55(45-19-11-4-12-20-45)47-30-25-41-33-40(21-22-43(41)35-47)42-26-31-48-44(34-42)27-32-49-52(48)54-51(39-17-9-3-10-18-39)50(53-49)38-15-7-2-8-16-38/h1-35H. The van der Waals surface area contributed by atoms with E-state index in [1.54, 1.807) is 0 Å². The number of hydrogen-bond donors (Lipinski definition) is 0. The second kappa shape index (κ2) is 13.9. The summed E-state index contributed by atoms with van der Waals surface area (Å²) in [4.78, 5) is 12.8. The Bertz CT molecular complexity index is 2940. The van der Waals surface area contributed by atoms with Crippen LogP contribution in [0.1, 0.15) is 0 Å². The number of benzene rings is 9. The minimum Gasteiger partial charge on any atom is -0.310 e. The van der Waals surface area contributed by atoms with Gasteiger partial charge in [-0.3, -0.25) is 0 Å². The van der Waals surface area contributed by atoms with Crippen LogP contribution in [0, 0.1) is 0 Å². The van der Waals surface area contributed by atoms with Gasteiger partial charge >= 0.3 is 0 Å². The van der Waals surface area contributed by atoms with Crippen molar-refractivity contribution in [2.75, 3.05) is 4.90 Å². The molecule has 10 rings (SSSR count). The minimum absolute atomic E-state index is 0.886. The maximum atomic E-state index is 5.31. The van der Waals surface area contributed by atoms with Crippen molar-refractivity contribution in [1.29, 1.82) is 0 Å². The molecule has 10 aromatic rings. The Morgan fingerprint density at radius 3 is 1.42 bits per heavy atom. The summed E-state index contributed by atoms with van der Waals surface area (Å²) in [7, 11) is 0. The number of nitrogens with zero attached hydrogens (tertiary/aromatic N) is 3. The summed E-state index contributed by atoms with van der Waals surface area (Å²) < 4.78 is 0. The van der Waals surface area contributed by atoms with Crippen molar-refractivity contribution in [3.63, 3.8) is 0 Å². The van der Waals surface area contributed by atoms with Gasteiger partial charge in [0, 0.05) is 33.6 Å². The van der Waals surface area contributed by atoms with Gasteiger partial charge in [-0.05, 0) is 93.0 Å². The summed E-state index contributed by atoms with van der Waals surface area (Å²) in [5.41, 5.74) is 13.8. The summed E-state index contributed by atoms with van der Waals surface area (Å²) in [6.07, 6.45) is 0. The number of aromatic nitrogens is 2. The lowest BCUT2D eigenvalue weighted by atomic mass is 9.97. The Labute approximate surface area is 320 Å². The van der Waals surface area contributed by atoms with Crippen molar-refractivity contribution in [3.05, 3.63) is 212 Å². The van der Waals surface area contributed by atoms with Gasteiger partial charge in [0.1, 0.15) is 0 Å². The van der Waals surface area contributed by atoms with E-state index in [4.69, 9.17) is 9.97 Å². The molecule has 0 bridgehead atoms. The van der Waals surface area contributed by atoms with Crippen molar-refractivity contribution in [3.8, 4) is 44.8 Å². The fraction of sp³-hybridized carbons (Fsp3) is 0. The van der Waals surface area contributed by atoms with Gasteiger partial charge in [-0.2, -0.15) is 0 Å². The van der Waals surface area contributed by atoms with E-state index in [2.05, 4.69) is 205 Å².